The van der Waals surface area contributed by atoms with Crippen molar-refractivity contribution in [3.63, 3.8) is 0 Å². The first-order valence-electron chi connectivity index (χ1n) is 2.12. The van der Waals surface area contributed by atoms with Crippen LogP contribution in [0.1, 0.15) is 0 Å². The number of thiol groups is 1. The third-order valence-corrected chi connectivity index (χ3v) is 0.760. The molecule has 0 aromatic carbocycles. The topological polar surface area (TPSA) is 18.5 Å². The summed E-state index contributed by atoms with van der Waals surface area (Å²) in [6.45, 7) is 1.04. The summed E-state index contributed by atoms with van der Waals surface area (Å²) in [7, 11) is 1.60. The van der Waals surface area contributed by atoms with Crippen molar-refractivity contribution in [2.24, 2.45) is 0 Å². The van der Waals surface area contributed by atoms with E-state index in [4.69, 9.17) is 4.74 Å². The average Bonchev–Trinajstić information content (AvgIpc) is 1.66. The summed E-state index contributed by atoms with van der Waals surface area (Å²) in [5, 5.41) is 0. The summed E-state index contributed by atoms with van der Waals surface area (Å²) in [4.78, 5) is 0. The number of hydrogen-bond donors (Lipinski definition) is 1. The van der Waals surface area contributed by atoms with E-state index in [0.717, 1.165) is 0 Å². The summed E-state index contributed by atoms with van der Waals surface area (Å²) >= 11 is 8.22. The predicted octanol–water partition coefficient (Wildman–Crippen LogP) is 0.216. The molecule has 0 aliphatic carbocycles. The Bertz CT molecular complexity index is 79.0. The summed E-state index contributed by atoms with van der Waals surface area (Å²) in [5.41, 5.74) is 0. The third kappa shape index (κ3) is 12.9. The molecule has 0 heterocycles. The Morgan fingerprint density at radius 2 is 2.11 bits per heavy atom. The van der Waals surface area contributed by atoms with Gasteiger partial charge in [-0.2, -0.15) is 0 Å². The van der Waals surface area contributed by atoms with Crippen molar-refractivity contribution in [3.8, 4) is 0 Å². The van der Waals surface area contributed by atoms with Gasteiger partial charge in [0, 0.05) is 7.11 Å². The zero-order chi connectivity index (χ0) is 6.41. The Labute approximate surface area is 108 Å². The van der Waals surface area contributed by atoms with E-state index < -0.39 is 0 Å². The summed E-state index contributed by atoms with van der Waals surface area (Å²) in [6.07, 6.45) is 0. The van der Waals surface area contributed by atoms with Gasteiger partial charge in [0.05, 0.1) is 6.61 Å². The zero-order valence-corrected chi connectivity index (χ0v) is 6.30. The van der Waals surface area contributed by atoms with E-state index in [9.17, 15) is 0 Å². The molecular weight excluding hydrogens is 183 g/mol. The SMILES string of the molecule is COCCOC(=S)S.[KH]. The number of rotatable bonds is 3. The van der Waals surface area contributed by atoms with Crippen LogP contribution in [0.2, 0.25) is 0 Å². The van der Waals surface area contributed by atoms with E-state index in [1.54, 1.807) is 7.11 Å². The molecule has 0 unspecified atom stereocenters. The van der Waals surface area contributed by atoms with Crippen LogP contribution in [-0.2, 0) is 9.47 Å². The zero-order valence-electron chi connectivity index (χ0n) is 4.59. The molecule has 0 N–H and O–H groups in total. The molecule has 0 aromatic rings. The summed E-state index contributed by atoms with van der Waals surface area (Å²) < 4.78 is 9.69. The van der Waals surface area contributed by atoms with Gasteiger partial charge < -0.3 is 9.47 Å². The van der Waals surface area contributed by atoms with Gasteiger partial charge in [-0.25, -0.2) is 0 Å². The maximum atomic E-state index is 4.75. The maximum absolute atomic E-state index is 4.75. The van der Waals surface area contributed by atoms with E-state index in [2.05, 4.69) is 29.6 Å². The number of ether oxygens (including phenoxy) is 2. The third-order valence-electron chi connectivity index (χ3n) is 0.513. The van der Waals surface area contributed by atoms with Crippen LogP contribution >= 0.6 is 24.8 Å². The Hall–Kier alpha value is 1.84. The Balaban J connectivity index is 0. The van der Waals surface area contributed by atoms with Gasteiger partial charge in [-0.15, -0.1) is 0 Å². The molecule has 0 rings (SSSR count). The van der Waals surface area contributed by atoms with Crippen molar-refractivity contribution in [1.82, 2.24) is 0 Å². The number of thiocarbonyl (C=S) groups is 1. The van der Waals surface area contributed by atoms with Gasteiger partial charge in [-0.3, -0.25) is 0 Å². The van der Waals surface area contributed by atoms with Crippen molar-refractivity contribution in [1.29, 1.82) is 0 Å². The van der Waals surface area contributed by atoms with Crippen LogP contribution in [0.25, 0.3) is 0 Å². The van der Waals surface area contributed by atoms with Crippen LogP contribution in [0.3, 0.4) is 0 Å². The van der Waals surface area contributed by atoms with Gasteiger partial charge in [-0.1, -0.05) is 12.6 Å². The van der Waals surface area contributed by atoms with Gasteiger partial charge in [0.25, 0.3) is 0 Å². The van der Waals surface area contributed by atoms with E-state index in [1.165, 1.54) is 0 Å². The Morgan fingerprint density at radius 1 is 1.56 bits per heavy atom. The average molecular weight is 192 g/mol. The molecule has 0 saturated carbocycles. The fraction of sp³-hybridized carbons (Fsp3) is 0.750. The first kappa shape index (κ1) is 13.4. The Kier molecular flexibility index (Phi) is 14.7. The van der Waals surface area contributed by atoms with Crippen LogP contribution < -0.4 is 0 Å². The molecule has 0 saturated heterocycles. The van der Waals surface area contributed by atoms with Crippen LogP contribution in [0.5, 0.6) is 0 Å². The van der Waals surface area contributed by atoms with Crippen molar-refractivity contribution >= 4 is 80.6 Å². The quantitative estimate of drug-likeness (QED) is 0.299. The molecule has 5 heteroatoms. The van der Waals surface area contributed by atoms with Crippen LogP contribution in [0.4, 0.5) is 0 Å². The number of hydrogen-bond acceptors (Lipinski definition) is 3. The fourth-order valence-electron chi connectivity index (χ4n) is 0.212. The molecular formula is C4H9KO2S2. The molecule has 0 aromatic heterocycles. The second kappa shape index (κ2) is 9.84. The number of methoxy groups -OCH3 is 1. The van der Waals surface area contributed by atoms with Crippen LogP contribution in [-0.4, -0.2) is 76.1 Å². The van der Waals surface area contributed by atoms with Crippen LogP contribution in [0, 0.1) is 0 Å². The van der Waals surface area contributed by atoms with Gasteiger partial charge in [0.2, 0.25) is 4.38 Å². The van der Waals surface area contributed by atoms with E-state index in [0.29, 0.717) is 13.2 Å². The normalized spacial score (nSPS) is 7.78. The monoisotopic (exact) mass is 192 g/mol. The molecule has 2 nitrogen and oxygen atoms in total. The minimum atomic E-state index is 0. The van der Waals surface area contributed by atoms with E-state index in [-0.39, 0.29) is 55.8 Å². The summed E-state index contributed by atoms with van der Waals surface area (Å²) in [6, 6.07) is 0. The molecule has 9 heavy (non-hydrogen) atoms. The van der Waals surface area contributed by atoms with Crippen LogP contribution in [0.15, 0.2) is 0 Å². The summed E-state index contributed by atoms with van der Waals surface area (Å²) in [5.74, 6) is 0. The van der Waals surface area contributed by atoms with Gasteiger partial charge in [0.15, 0.2) is 0 Å². The first-order valence-corrected chi connectivity index (χ1v) is 2.97. The predicted molar refractivity (Wildman–Crippen MR) is 46.6 cm³/mol. The molecule has 0 aliphatic rings. The molecule has 0 aliphatic heterocycles. The van der Waals surface area contributed by atoms with Crippen molar-refractivity contribution in [2.75, 3.05) is 20.3 Å². The standard InChI is InChI=1S/C4H8O2S2.K.H/c1-5-2-3-6-4(7)8;;/h2-3H2,1H3,(H,7,8);;. The first-order chi connectivity index (χ1) is 3.77. The van der Waals surface area contributed by atoms with Gasteiger partial charge in [0.1, 0.15) is 6.61 Å². The van der Waals surface area contributed by atoms with Gasteiger partial charge >= 0.3 is 51.4 Å². The molecule has 0 spiro atoms. The second-order valence-electron chi connectivity index (χ2n) is 1.11. The molecule has 0 fully saturated rings. The van der Waals surface area contributed by atoms with E-state index >= 15 is 0 Å². The molecule has 50 valence electrons. The van der Waals surface area contributed by atoms with Crippen molar-refractivity contribution in [2.45, 2.75) is 0 Å². The Morgan fingerprint density at radius 3 is 2.44 bits per heavy atom. The fourth-order valence-corrected chi connectivity index (χ4v) is 0.387. The molecule has 0 bridgehead atoms. The second-order valence-corrected chi connectivity index (χ2v) is 2.19. The minimum absolute atomic E-state index is 0. The van der Waals surface area contributed by atoms with Crippen molar-refractivity contribution < 1.29 is 9.47 Å². The molecule has 0 amide bonds. The van der Waals surface area contributed by atoms with Crippen molar-refractivity contribution in [3.05, 3.63) is 0 Å². The van der Waals surface area contributed by atoms with E-state index in [1.807, 2.05) is 0 Å². The molecule has 0 atom stereocenters. The van der Waals surface area contributed by atoms with Gasteiger partial charge in [-0.05, 0) is 12.2 Å². The molecule has 0 radical (unpaired) electrons.